The summed E-state index contributed by atoms with van der Waals surface area (Å²) in [6.07, 6.45) is 8.64. The first kappa shape index (κ1) is 16.1. The van der Waals surface area contributed by atoms with E-state index in [9.17, 15) is 4.79 Å². The van der Waals surface area contributed by atoms with Crippen LogP contribution in [0.1, 0.15) is 51.9 Å². The molecule has 116 valence electrons. The van der Waals surface area contributed by atoms with E-state index in [2.05, 4.69) is 17.6 Å². The lowest BCUT2D eigenvalue weighted by Crippen LogP contribution is -2.40. The molecule has 1 aliphatic heterocycles. The summed E-state index contributed by atoms with van der Waals surface area (Å²) in [6.45, 7) is 4.50. The highest BCUT2D eigenvalue weighted by Crippen LogP contribution is 2.44. The van der Waals surface area contributed by atoms with E-state index < -0.39 is 0 Å². The van der Waals surface area contributed by atoms with E-state index in [1.54, 1.807) is 0 Å². The average molecular weight is 301 g/mol. The highest BCUT2D eigenvalue weighted by Gasteiger charge is 2.40. The van der Waals surface area contributed by atoms with Gasteiger partial charge in [-0.15, -0.1) is 12.4 Å². The summed E-state index contributed by atoms with van der Waals surface area (Å²) in [5.41, 5.74) is 0. The highest BCUT2D eigenvalue weighted by atomic mass is 35.5. The largest absolute Gasteiger partial charge is 0.353 e. The molecule has 2 saturated carbocycles. The molecule has 3 aliphatic rings. The Bertz CT molecular complexity index is 330. The number of carbonyl (C=O) groups excluding carboxylic acids is 1. The third kappa shape index (κ3) is 3.67. The topological polar surface area (TPSA) is 41.1 Å². The maximum absolute atomic E-state index is 12.2. The van der Waals surface area contributed by atoms with E-state index >= 15 is 0 Å². The molecule has 0 spiro atoms. The monoisotopic (exact) mass is 300 g/mol. The summed E-state index contributed by atoms with van der Waals surface area (Å²) in [5, 5.41) is 6.77. The highest BCUT2D eigenvalue weighted by molar-refractivity contribution is 5.85. The third-order valence-corrected chi connectivity index (χ3v) is 5.73. The summed E-state index contributed by atoms with van der Waals surface area (Å²) in [4.78, 5) is 12.2. The molecular weight excluding hydrogens is 272 g/mol. The van der Waals surface area contributed by atoms with Crippen LogP contribution < -0.4 is 10.6 Å². The van der Waals surface area contributed by atoms with Crippen LogP contribution in [-0.4, -0.2) is 25.0 Å². The molecule has 3 nitrogen and oxygen atoms in total. The number of fused-ring (bicyclic) bond motifs is 2. The first-order valence-electron chi connectivity index (χ1n) is 8.22. The van der Waals surface area contributed by atoms with Crippen LogP contribution in [0, 0.1) is 23.7 Å². The van der Waals surface area contributed by atoms with Crippen molar-refractivity contribution in [3.63, 3.8) is 0 Å². The molecule has 3 rings (SSSR count). The summed E-state index contributed by atoms with van der Waals surface area (Å²) >= 11 is 0. The number of nitrogens with one attached hydrogen (secondary N) is 2. The van der Waals surface area contributed by atoms with Gasteiger partial charge in [-0.3, -0.25) is 4.79 Å². The molecular formula is C16H29ClN2O. The van der Waals surface area contributed by atoms with Gasteiger partial charge in [-0.2, -0.15) is 0 Å². The standard InChI is InChI=1S/C16H28N2O.ClH/c1-11(14-3-2-6-17-10-14)7-16(19)18-15-9-12-4-5-13(15)8-12;/h11-15,17H,2-10H2,1H3,(H,18,19);1H. The molecule has 4 heteroatoms. The van der Waals surface area contributed by atoms with Crippen LogP contribution >= 0.6 is 12.4 Å². The van der Waals surface area contributed by atoms with E-state index in [4.69, 9.17) is 0 Å². The van der Waals surface area contributed by atoms with Gasteiger partial charge in [0.2, 0.25) is 5.91 Å². The van der Waals surface area contributed by atoms with Crippen molar-refractivity contribution in [2.24, 2.45) is 23.7 Å². The zero-order chi connectivity index (χ0) is 13.2. The molecule has 1 amide bonds. The Morgan fingerprint density at radius 3 is 2.75 bits per heavy atom. The number of rotatable bonds is 4. The third-order valence-electron chi connectivity index (χ3n) is 5.73. The van der Waals surface area contributed by atoms with Gasteiger partial charge in [0.15, 0.2) is 0 Å². The van der Waals surface area contributed by atoms with Crippen molar-refractivity contribution in [3.05, 3.63) is 0 Å². The number of halogens is 1. The molecule has 0 aromatic rings. The van der Waals surface area contributed by atoms with Gasteiger partial charge in [0, 0.05) is 12.5 Å². The lowest BCUT2D eigenvalue weighted by molar-refractivity contribution is -0.123. The minimum Gasteiger partial charge on any atom is -0.353 e. The summed E-state index contributed by atoms with van der Waals surface area (Å²) < 4.78 is 0. The molecule has 5 atom stereocenters. The Kier molecular flexibility index (Phi) is 5.74. The minimum absolute atomic E-state index is 0. The molecule has 2 bridgehead atoms. The van der Waals surface area contributed by atoms with Crippen LogP contribution in [-0.2, 0) is 4.79 Å². The van der Waals surface area contributed by atoms with Gasteiger partial charge in [0.1, 0.15) is 0 Å². The normalized spacial score (nSPS) is 37.2. The van der Waals surface area contributed by atoms with Crippen molar-refractivity contribution in [3.8, 4) is 0 Å². The molecule has 2 N–H and O–H groups in total. The van der Waals surface area contributed by atoms with Gasteiger partial charge in [0.25, 0.3) is 0 Å². The van der Waals surface area contributed by atoms with E-state index in [-0.39, 0.29) is 12.4 Å². The molecule has 5 unspecified atom stereocenters. The second-order valence-corrected chi connectivity index (χ2v) is 7.14. The molecule has 0 aromatic heterocycles. The van der Waals surface area contributed by atoms with Gasteiger partial charge in [-0.25, -0.2) is 0 Å². The first-order chi connectivity index (χ1) is 9.22. The van der Waals surface area contributed by atoms with Crippen molar-refractivity contribution in [1.29, 1.82) is 0 Å². The molecule has 1 heterocycles. The number of hydrogen-bond donors (Lipinski definition) is 2. The Morgan fingerprint density at radius 2 is 2.15 bits per heavy atom. The van der Waals surface area contributed by atoms with Gasteiger partial charge >= 0.3 is 0 Å². The molecule has 2 aliphatic carbocycles. The Balaban J connectivity index is 0.00000147. The van der Waals surface area contributed by atoms with Crippen LogP contribution in [0.4, 0.5) is 0 Å². The van der Waals surface area contributed by atoms with Crippen LogP contribution in [0.3, 0.4) is 0 Å². The van der Waals surface area contributed by atoms with Crippen molar-refractivity contribution in [1.82, 2.24) is 10.6 Å². The fraction of sp³-hybridized carbons (Fsp3) is 0.938. The summed E-state index contributed by atoms with van der Waals surface area (Å²) in [6, 6.07) is 0.503. The van der Waals surface area contributed by atoms with Crippen molar-refractivity contribution in [2.45, 2.75) is 57.9 Å². The van der Waals surface area contributed by atoms with Crippen LogP contribution in [0.15, 0.2) is 0 Å². The number of carbonyl (C=O) groups is 1. The van der Waals surface area contributed by atoms with Gasteiger partial charge in [0.05, 0.1) is 0 Å². The predicted octanol–water partition coefficient (Wildman–Crippen LogP) is 2.74. The number of amides is 1. The number of piperidine rings is 1. The van der Waals surface area contributed by atoms with Gasteiger partial charge in [-0.05, 0) is 68.9 Å². The van der Waals surface area contributed by atoms with Crippen molar-refractivity contribution < 1.29 is 4.79 Å². The Labute approximate surface area is 129 Å². The lowest BCUT2D eigenvalue weighted by Gasteiger charge is -2.29. The maximum Gasteiger partial charge on any atom is 0.220 e. The Hall–Kier alpha value is -0.280. The predicted molar refractivity (Wildman–Crippen MR) is 84.0 cm³/mol. The smallest absolute Gasteiger partial charge is 0.220 e. The van der Waals surface area contributed by atoms with Crippen LogP contribution in [0.5, 0.6) is 0 Å². The minimum atomic E-state index is 0. The van der Waals surface area contributed by atoms with E-state index in [1.807, 2.05) is 0 Å². The quantitative estimate of drug-likeness (QED) is 0.838. The molecule has 0 aromatic carbocycles. The maximum atomic E-state index is 12.2. The molecule has 1 saturated heterocycles. The summed E-state index contributed by atoms with van der Waals surface area (Å²) in [5.74, 6) is 3.22. The fourth-order valence-corrected chi connectivity index (χ4v) is 4.51. The second kappa shape index (κ2) is 7.13. The van der Waals surface area contributed by atoms with E-state index in [0.717, 1.165) is 31.3 Å². The van der Waals surface area contributed by atoms with Crippen LogP contribution in [0.25, 0.3) is 0 Å². The molecule has 3 fully saturated rings. The van der Waals surface area contributed by atoms with Gasteiger partial charge < -0.3 is 10.6 Å². The summed E-state index contributed by atoms with van der Waals surface area (Å²) in [7, 11) is 0. The fourth-order valence-electron chi connectivity index (χ4n) is 4.51. The number of hydrogen-bond acceptors (Lipinski definition) is 2. The first-order valence-corrected chi connectivity index (χ1v) is 8.22. The van der Waals surface area contributed by atoms with Crippen molar-refractivity contribution in [2.75, 3.05) is 13.1 Å². The Morgan fingerprint density at radius 1 is 1.30 bits per heavy atom. The second-order valence-electron chi connectivity index (χ2n) is 7.14. The van der Waals surface area contributed by atoms with Gasteiger partial charge in [-0.1, -0.05) is 13.3 Å². The SMILES string of the molecule is CC(CC(=O)NC1CC2CCC1C2)C1CCCNC1.Cl. The van der Waals surface area contributed by atoms with Crippen molar-refractivity contribution >= 4 is 18.3 Å². The molecule has 20 heavy (non-hydrogen) atoms. The molecule has 0 radical (unpaired) electrons. The lowest BCUT2D eigenvalue weighted by atomic mass is 9.85. The van der Waals surface area contributed by atoms with E-state index in [1.165, 1.54) is 38.5 Å². The average Bonchev–Trinajstić information content (AvgIpc) is 3.02. The zero-order valence-corrected chi connectivity index (χ0v) is 13.4. The van der Waals surface area contributed by atoms with Crippen LogP contribution in [0.2, 0.25) is 0 Å². The van der Waals surface area contributed by atoms with E-state index in [0.29, 0.717) is 23.8 Å². The zero-order valence-electron chi connectivity index (χ0n) is 12.6.